The van der Waals surface area contributed by atoms with E-state index >= 15 is 0 Å². The summed E-state index contributed by atoms with van der Waals surface area (Å²) in [6.07, 6.45) is -5.67. The number of carboxylic acids is 1. The van der Waals surface area contributed by atoms with Gasteiger partial charge in [-0.2, -0.15) is 13.2 Å². The Morgan fingerprint density at radius 2 is 1.80 bits per heavy atom. The number of halogens is 4. The molecule has 0 saturated heterocycles. The van der Waals surface area contributed by atoms with E-state index in [9.17, 15) is 23.1 Å². The van der Waals surface area contributed by atoms with Gasteiger partial charge in [0, 0.05) is 17.1 Å². The predicted molar refractivity (Wildman–Crippen MR) is 71.0 cm³/mol. The quantitative estimate of drug-likeness (QED) is 0.822. The second-order valence-electron chi connectivity index (χ2n) is 4.74. The van der Waals surface area contributed by atoms with Crippen LogP contribution >= 0.6 is 11.6 Å². The highest BCUT2D eigenvalue weighted by atomic mass is 35.5. The van der Waals surface area contributed by atoms with E-state index in [4.69, 9.17) is 11.6 Å². The Hall–Kier alpha value is -1.43. The van der Waals surface area contributed by atoms with Gasteiger partial charge in [-0.15, -0.1) is 0 Å². The zero-order valence-electron chi connectivity index (χ0n) is 10.8. The van der Waals surface area contributed by atoms with E-state index in [-0.39, 0.29) is 12.8 Å². The number of alkyl halides is 3. The van der Waals surface area contributed by atoms with Gasteiger partial charge in [0.25, 0.3) is 0 Å². The molecule has 0 spiro atoms. The van der Waals surface area contributed by atoms with E-state index in [0.717, 1.165) is 0 Å². The fourth-order valence-electron chi connectivity index (χ4n) is 1.72. The lowest BCUT2D eigenvalue weighted by molar-refractivity contribution is -0.145. The molecule has 112 valence electrons. The van der Waals surface area contributed by atoms with Crippen molar-refractivity contribution in [1.29, 1.82) is 0 Å². The molecular weight excluding hydrogens is 295 g/mol. The smallest absolute Gasteiger partial charge is 0.389 e. The molecule has 0 saturated carbocycles. The lowest BCUT2D eigenvalue weighted by Gasteiger charge is -2.27. The largest absolute Gasteiger partial charge is 0.480 e. The SMILES string of the molecule is CC(CCCC(F)(F)F)(Nc1ccc(Cl)cc1)C(=O)O. The molecule has 1 rings (SSSR count). The Balaban J connectivity index is 2.71. The molecule has 20 heavy (non-hydrogen) atoms. The second kappa shape index (κ2) is 6.35. The van der Waals surface area contributed by atoms with Gasteiger partial charge in [0.05, 0.1) is 0 Å². The molecule has 1 unspecified atom stereocenters. The molecule has 0 amide bonds. The van der Waals surface area contributed by atoms with Gasteiger partial charge in [-0.1, -0.05) is 11.6 Å². The number of aliphatic carboxylic acids is 1. The van der Waals surface area contributed by atoms with Crippen LogP contribution in [0.4, 0.5) is 18.9 Å². The van der Waals surface area contributed by atoms with Gasteiger partial charge in [0.2, 0.25) is 0 Å². The van der Waals surface area contributed by atoms with Crippen molar-refractivity contribution >= 4 is 23.3 Å². The van der Waals surface area contributed by atoms with Crippen molar-refractivity contribution in [2.45, 2.75) is 37.9 Å². The molecule has 0 aliphatic rings. The van der Waals surface area contributed by atoms with Crippen LogP contribution in [0.25, 0.3) is 0 Å². The Morgan fingerprint density at radius 3 is 2.25 bits per heavy atom. The van der Waals surface area contributed by atoms with Crippen LogP contribution in [-0.2, 0) is 4.79 Å². The van der Waals surface area contributed by atoms with E-state index in [2.05, 4.69) is 5.32 Å². The molecule has 0 aliphatic carbocycles. The summed E-state index contributed by atoms with van der Waals surface area (Å²) in [6.45, 7) is 1.36. The van der Waals surface area contributed by atoms with Crippen LogP contribution in [0.1, 0.15) is 26.2 Å². The molecule has 0 radical (unpaired) electrons. The summed E-state index contributed by atoms with van der Waals surface area (Å²) in [5.74, 6) is -1.20. The van der Waals surface area contributed by atoms with E-state index in [1.165, 1.54) is 6.92 Å². The minimum Gasteiger partial charge on any atom is -0.480 e. The fraction of sp³-hybridized carbons (Fsp3) is 0.462. The van der Waals surface area contributed by atoms with E-state index in [1.807, 2.05) is 0 Å². The fourth-order valence-corrected chi connectivity index (χ4v) is 1.84. The third-order valence-electron chi connectivity index (χ3n) is 2.87. The van der Waals surface area contributed by atoms with Gasteiger partial charge in [-0.25, -0.2) is 4.79 Å². The van der Waals surface area contributed by atoms with Crippen molar-refractivity contribution < 1.29 is 23.1 Å². The van der Waals surface area contributed by atoms with Gasteiger partial charge in [0.15, 0.2) is 0 Å². The highest BCUT2D eigenvalue weighted by Gasteiger charge is 2.35. The summed E-state index contributed by atoms with van der Waals surface area (Å²) in [7, 11) is 0. The van der Waals surface area contributed by atoms with Crippen LogP contribution in [0.5, 0.6) is 0 Å². The minimum atomic E-state index is -4.28. The Labute approximate surface area is 119 Å². The number of hydrogen-bond acceptors (Lipinski definition) is 2. The van der Waals surface area contributed by atoms with Gasteiger partial charge in [0.1, 0.15) is 5.54 Å². The van der Waals surface area contributed by atoms with Gasteiger partial charge < -0.3 is 10.4 Å². The first-order valence-corrected chi connectivity index (χ1v) is 6.34. The van der Waals surface area contributed by atoms with Crippen molar-refractivity contribution in [2.75, 3.05) is 5.32 Å². The second-order valence-corrected chi connectivity index (χ2v) is 5.17. The van der Waals surface area contributed by atoms with E-state index in [0.29, 0.717) is 10.7 Å². The average Bonchev–Trinajstić information content (AvgIpc) is 2.30. The first-order valence-electron chi connectivity index (χ1n) is 5.96. The molecule has 0 aliphatic heterocycles. The van der Waals surface area contributed by atoms with Gasteiger partial charge >= 0.3 is 12.1 Å². The topological polar surface area (TPSA) is 49.3 Å². The maximum Gasteiger partial charge on any atom is 0.389 e. The summed E-state index contributed by atoms with van der Waals surface area (Å²) < 4.78 is 36.4. The third kappa shape index (κ3) is 5.28. The first-order chi connectivity index (χ1) is 9.12. The van der Waals surface area contributed by atoms with Crippen molar-refractivity contribution in [3.63, 3.8) is 0 Å². The molecule has 0 heterocycles. The lowest BCUT2D eigenvalue weighted by Crippen LogP contribution is -2.43. The van der Waals surface area contributed by atoms with Crippen LogP contribution in [0.15, 0.2) is 24.3 Å². The number of carbonyl (C=O) groups is 1. The summed E-state index contributed by atoms with van der Waals surface area (Å²) >= 11 is 5.71. The van der Waals surface area contributed by atoms with Crippen LogP contribution < -0.4 is 5.32 Å². The molecule has 1 aromatic carbocycles. The number of hydrogen-bond donors (Lipinski definition) is 2. The summed E-state index contributed by atoms with van der Waals surface area (Å²) in [4.78, 5) is 11.3. The number of benzene rings is 1. The molecule has 1 aromatic rings. The van der Waals surface area contributed by atoms with E-state index in [1.54, 1.807) is 24.3 Å². The molecule has 1 atom stereocenters. The Morgan fingerprint density at radius 1 is 1.25 bits per heavy atom. The number of carboxylic acid groups (broad SMARTS) is 1. The Bertz CT molecular complexity index is 462. The molecule has 0 bridgehead atoms. The standard InChI is InChI=1S/C13H15ClF3NO2/c1-12(11(19)20,7-2-8-13(15,16)17)18-10-5-3-9(14)4-6-10/h3-6,18H,2,7-8H2,1H3,(H,19,20). The first kappa shape index (κ1) is 16.6. The zero-order valence-corrected chi connectivity index (χ0v) is 11.6. The highest BCUT2D eigenvalue weighted by Crippen LogP contribution is 2.27. The monoisotopic (exact) mass is 309 g/mol. The molecule has 0 fully saturated rings. The number of rotatable bonds is 6. The lowest BCUT2D eigenvalue weighted by atomic mass is 9.94. The Kier molecular flexibility index (Phi) is 5.28. The van der Waals surface area contributed by atoms with Crippen molar-refractivity contribution in [3.05, 3.63) is 29.3 Å². The molecular formula is C13H15ClF3NO2. The van der Waals surface area contributed by atoms with Crippen molar-refractivity contribution in [3.8, 4) is 0 Å². The maximum atomic E-state index is 12.1. The molecule has 7 heteroatoms. The van der Waals surface area contributed by atoms with Crippen LogP contribution in [0.2, 0.25) is 5.02 Å². The summed E-state index contributed by atoms with van der Waals surface area (Å²) in [6, 6.07) is 6.30. The highest BCUT2D eigenvalue weighted by molar-refractivity contribution is 6.30. The third-order valence-corrected chi connectivity index (χ3v) is 3.13. The molecule has 3 nitrogen and oxygen atoms in total. The zero-order chi connectivity index (χ0) is 15.4. The van der Waals surface area contributed by atoms with Crippen molar-refractivity contribution in [2.24, 2.45) is 0 Å². The molecule has 2 N–H and O–H groups in total. The van der Waals surface area contributed by atoms with Crippen LogP contribution in [0.3, 0.4) is 0 Å². The van der Waals surface area contributed by atoms with E-state index < -0.39 is 24.1 Å². The minimum absolute atomic E-state index is 0.134. The summed E-state index contributed by atoms with van der Waals surface area (Å²) in [5, 5.41) is 12.4. The average molecular weight is 310 g/mol. The van der Waals surface area contributed by atoms with Gasteiger partial charge in [-0.05, 0) is 44.0 Å². The van der Waals surface area contributed by atoms with Crippen LogP contribution in [0, 0.1) is 0 Å². The van der Waals surface area contributed by atoms with Crippen molar-refractivity contribution in [1.82, 2.24) is 0 Å². The maximum absolute atomic E-state index is 12.1. The predicted octanol–water partition coefficient (Wildman–Crippen LogP) is 4.33. The van der Waals surface area contributed by atoms with Crippen LogP contribution in [-0.4, -0.2) is 22.8 Å². The van der Waals surface area contributed by atoms with Gasteiger partial charge in [-0.3, -0.25) is 0 Å². The number of anilines is 1. The summed E-state index contributed by atoms with van der Waals surface area (Å²) in [5.41, 5.74) is -0.967. The number of nitrogens with one attached hydrogen (secondary N) is 1. The normalized spacial score (nSPS) is 14.7. The molecule has 0 aromatic heterocycles.